The molecule has 0 atom stereocenters. The predicted octanol–water partition coefficient (Wildman–Crippen LogP) is -1.05. The van der Waals surface area contributed by atoms with Crippen molar-refractivity contribution in [3.8, 4) is 0 Å². The second-order valence-corrected chi connectivity index (χ2v) is 4.07. The second-order valence-electron chi connectivity index (χ2n) is 1.85. The second kappa shape index (κ2) is 3.06. The molecule has 0 saturated carbocycles. The number of benzene rings is 1. The van der Waals surface area contributed by atoms with Gasteiger partial charge in [-0.1, -0.05) is 0 Å². The molecular formula is C6H8AsNO2. The third-order valence-electron chi connectivity index (χ3n) is 1.15. The molecule has 0 saturated heterocycles. The van der Waals surface area contributed by atoms with Gasteiger partial charge in [0.15, 0.2) is 0 Å². The van der Waals surface area contributed by atoms with E-state index < -0.39 is 15.3 Å². The van der Waals surface area contributed by atoms with Gasteiger partial charge in [-0.3, -0.25) is 0 Å². The Morgan fingerprint density at radius 1 is 1.20 bits per heavy atom. The minimum atomic E-state index is -2.75. The van der Waals surface area contributed by atoms with Gasteiger partial charge >= 0.3 is 63.6 Å². The summed E-state index contributed by atoms with van der Waals surface area (Å²) in [6, 6.07) is 6.79. The van der Waals surface area contributed by atoms with Crippen molar-refractivity contribution in [2.24, 2.45) is 0 Å². The van der Waals surface area contributed by atoms with Gasteiger partial charge in [0.1, 0.15) is 0 Å². The molecule has 0 spiro atoms. The van der Waals surface area contributed by atoms with E-state index in [4.69, 9.17) is 13.9 Å². The number of nitrogen functional groups attached to an aromatic ring is 1. The molecule has 0 amide bonds. The quantitative estimate of drug-likeness (QED) is 0.401. The van der Waals surface area contributed by atoms with Crippen LogP contribution in [0.2, 0.25) is 0 Å². The summed E-state index contributed by atoms with van der Waals surface area (Å²) in [4.78, 5) is 0. The van der Waals surface area contributed by atoms with Crippen LogP contribution in [0.1, 0.15) is 0 Å². The molecule has 3 nitrogen and oxygen atoms in total. The summed E-state index contributed by atoms with van der Waals surface area (Å²) in [5.74, 6) is 0. The minimum absolute atomic E-state index is 0.465. The number of hydrogen-bond donors (Lipinski definition) is 3. The van der Waals surface area contributed by atoms with Crippen LogP contribution in [0.25, 0.3) is 0 Å². The Morgan fingerprint density at radius 2 is 1.80 bits per heavy atom. The summed E-state index contributed by atoms with van der Waals surface area (Å²) < 4.78 is 18.1. The fourth-order valence-corrected chi connectivity index (χ4v) is 1.77. The molecule has 0 aliphatic carbocycles. The van der Waals surface area contributed by atoms with Crippen molar-refractivity contribution < 1.29 is 8.19 Å². The zero-order valence-electron chi connectivity index (χ0n) is 5.23. The van der Waals surface area contributed by atoms with Gasteiger partial charge in [0.2, 0.25) is 0 Å². The number of anilines is 1. The van der Waals surface area contributed by atoms with Crippen LogP contribution in [0.4, 0.5) is 5.69 Å². The number of nitrogens with two attached hydrogens (primary N) is 1. The summed E-state index contributed by atoms with van der Waals surface area (Å²) in [5, 5.41) is 0. The van der Waals surface area contributed by atoms with Crippen molar-refractivity contribution in [1.82, 2.24) is 0 Å². The Hall–Kier alpha value is -0.502. The van der Waals surface area contributed by atoms with E-state index in [2.05, 4.69) is 0 Å². The predicted molar refractivity (Wildman–Crippen MR) is 40.7 cm³/mol. The average Bonchev–Trinajstić information content (AvgIpc) is 1.88. The molecule has 0 heterocycles. The van der Waals surface area contributed by atoms with Crippen molar-refractivity contribution in [3.63, 3.8) is 0 Å². The number of hydrogen-bond acceptors (Lipinski definition) is 3. The van der Waals surface area contributed by atoms with Crippen LogP contribution >= 0.6 is 0 Å². The first kappa shape index (κ1) is 7.60. The molecule has 0 aliphatic rings. The maximum atomic E-state index is 8.83. The average molecular weight is 201 g/mol. The zero-order chi connectivity index (χ0) is 7.56. The third kappa shape index (κ3) is 1.51. The molecule has 0 bridgehead atoms. The van der Waals surface area contributed by atoms with Crippen molar-refractivity contribution >= 4 is 25.4 Å². The monoisotopic (exact) mass is 201 g/mol. The van der Waals surface area contributed by atoms with E-state index >= 15 is 0 Å². The van der Waals surface area contributed by atoms with E-state index in [0.29, 0.717) is 10.0 Å². The molecule has 1 aromatic rings. The van der Waals surface area contributed by atoms with Crippen LogP contribution < -0.4 is 10.1 Å². The van der Waals surface area contributed by atoms with Crippen molar-refractivity contribution in [3.05, 3.63) is 24.3 Å². The van der Waals surface area contributed by atoms with Crippen LogP contribution in [0.5, 0.6) is 0 Å². The standard InChI is InChI=1S/C6H8AsNO2/c8-6-4-2-1-3-5(6)7(9)10/h1-4,9-10H,8H2. The fourth-order valence-electron chi connectivity index (χ4n) is 0.670. The maximum absolute atomic E-state index is 8.83. The molecular weight excluding hydrogens is 193 g/mol. The number of rotatable bonds is 1. The Labute approximate surface area is 64.1 Å². The Kier molecular flexibility index (Phi) is 2.33. The van der Waals surface area contributed by atoms with Gasteiger partial charge in [0, 0.05) is 0 Å². The van der Waals surface area contributed by atoms with Gasteiger partial charge in [-0.2, -0.15) is 0 Å². The molecule has 0 fully saturated rings. The van der Waals surface area contributed by atoms with Gasteiger partial charge in [-0.25, -0.2) is 0 Å². The number of para-hydroxylation sites is 1. The summed E-state index contributed by atoms with van der Waals surface area (Å²) in [6.07, 6.45) is 0. The SMILES string of the molecule is Nc1ccccc1[As](O)O. The first-order chi connectivity index (χ1) is 4.72. The molecule has 0 aliphatic heterocycles. The van der Waals surface area contributed by atoms with Crippen LogP contribution in [0.15, 0.2) is 24.3 Å². The van der Waals surface area contributed by atoms with Gasteiger partial charge in [0.25, 0.3) is 0 Å². The van der Waals surface area contributed by atoms with Crippen LogP contribution in [0, 0.1) is 0 Å². The van der Waals surface area contributed by atoms with E-state index in [-0.39, 0.29) is 0 Å². The topological polar surface area (TPSA) is 66.5 Å². The normalized spacial score (nSPS) is 10.3. The fraction of sp³-hybridized carbons (Fsp3) is 0. The summed E-state index contributed by atoms with van der Waals surface area (Å²) in [7, 11) is 0. The first-order valence-corrected chi connectivity index (χ1v) is 5.36. The van der Waals surface area contributed by atoms with Gasteiger partial charge in [0.05, 0.1) is 0 Å². The third-order valence-corrected chi connectivity index (χ3v) is 2.91. The van der Waals surface area contributed by atoms with Crippen LogP contribution in [-0.2, 0) is 0 Å². The van der Waals surface area contributed by atoms with Crippen molar-refractivity contribution in [2.75, 3.05) is 5.73 Å². The van der Waals surface area contributed by atoms with Crippen molar-refractivity contribution in [2.45, 2.75) is 0 Å². The molecule has 1 rings (SSSR count). The van der Waals surface area contributed by atoms with E-state index in [1.807, 2.05) is 0 Å². The van der Waals surface area contributed by atoms with E-state index in [0.717, 1.165) is 0 Å². The summed E-state index contributed by atoms with van der Waals surface area (Å²) in [5.41, 5.74) is 5.90. The Balaban J connectivity index is 3.03. The Bertz CT molecular complexity index is 227. The Morgan fingerprint density at radius 3 is 2.20 bits per heavy atom. The van der Waals surface area contributed by atoms with Gasteiger partial charge < -0.3 is 0 Å². The van der Waals surface area contributed by atoms with Gasteiger partial charge in [-0.05, 0) is 0 Å². The van der Waals surface area contributed by atoms with E-state index in [1.54, 1.807) is 24.3 Å². The van der Waals surface area contributed by atoms with E-state index in [1.165, 1.54) is 0 Å². The van der Waals surface area contributed by atoms with Crippen LogP contribution in [0.3, 0.4) is 0 Å². The molecule has 1 aromatic carbocycles. The molecule has 10 heavy (non-hydrogen) atoms. The van der Waals surface area contributed by atoms with Gasteiger partial charge in [-0.15, -0.1) is 0 Å². The van der Waals surface area contributed by atoms with Crippen LogP contribution in [-0.4, -0.2) is 23.5 Å². The first-order valence-electron chi connectivity index (χ1n) is 2.74. The molecule has 0 radical (unpaired) electrons. The molecule has 0 aromatic heterocycles. The van der Waals surface area contributed by atoms with E-state index in [9.17, 15) is 0 Å². The molecule has 4 N–H and O–H groups in total. The molecule has 0 unspecified atom stereocenters. The molecule has 54 valence electrons. The summed E-state index contributed by atoms with van der Waals surface area (Å²) >= 11 is -2.75. The van der Waals surface area contributed by atoms with Crippen molar-refractivity contribution in [1.29, 1.82) is 0 Å². The summed E-state index contributed by atoms with van der Waals surface area (Å²) in [6.45, 7) is 0. The zero-order valence-corrected chi connectivity index (χ0v) is 7.10. The molecule has 4 heteroatoms.